The van der Waals surface area contributed by atoms with E-state index >= 15 is 0 Å². The second-order valence-corrected chi connectivity index (χ2v) is 6.97. The number of anilines is 1. The first kappa shape index (κ1) is 15.9. The molecule has 0 saturated carbocycles. The van der Waals surface area contributed by atoms with Crippen LogP contribution in [-0.4, -0.2) is 8.42 Å². The summed E-state index contributed by atoms with van der Waals surface area (Å²) in [5.41, 5.74) is 10.5. The number of hydrogen-bond donors (Lipinski definition) is 1. The minimum atomic E-state index is -3.70. The summed E-state index contributed by atoms with van der Waals surface area (Å²) in [5, 5.41) is 4.99. The summed E-state index contributed by atoms with van der Waals surface area (Å²) in [4.78, 5) is 2.99. The molecule has 6 nitrogen and oxygen atoms in total. The molecule has 3 aromatic carbocycles. The topological polar surface area (TPSA) is 94.9 Å². The van der Waals surface area contributed by atoms with E-state index < -0.39 is 10.0 Å². The monoisotopic (exact) mass is 338 g/mol. The lowest BCUT2D eigenvalue weighted by Gasteiger charge is -2.12. The van der Waals surface area contributed by atoms with Gasteiger partial charge in [-0.25, -0.2) is 8.42 Å². The van der Waals surface area contributed by atoms with Gasteiger partial charge in [-0.15, -0.1) is 0 Å². The zero-order valence-corrected chi connectivity index (χ0v) is 13.7. The highest BCUT2D eigenvalue weighted by molar-refractivity contribution is 7.92. The number of aryl methyl sites for hydroxylation is 1. The molecule has 0 unspecified atom stereocenters. The van der Waals surface area contributed by atoms with Gasteiger partial charge in [-0.3, -0.25) is 4.72 Å². The third kappa shape index (κ3) is 3.03. The molecular formula is C17H14N4O2S. The fraction of sp³-hybridized carbons (Fsp3) is 0.0588. The van der Waals surface area contributed by atoms with Gasteiger partial charge in [-0.05, 0) is 42.1 Å². The van der Waals surface area contributed by atoms with Crippen molar-refractivity contribution >= 4 is 32.2 Å². The van der Waals surface area contributed by atoms with Crippen molar-refractivity contribution in [2.45, 2.75) is 11.8 Å². The SMILES string of the molecule is Cc1ccc(S(=O)(=O)Nc2ccc(N=[N+]=[N-])c3ccccc23)cc1. The summed E-state index contributed by atoms with van der Waals surface area (Å²) in [6.45, 7) is 1.89. The van der Waals surface area contributed by atoms with Gasteiger partial charge in [0.25, 0.3) is 10.0 Å². The van der Waals surface area contributed by atoms with Crippen molar-refractivity contribution in [3.8, 4) is 0 Å². The molecule has 0 aromatic heterocycles. The second kappa shape index (κ2) is 6.23. The van der Waals surface area contributed by atoms with Crippen LogP contribution in [0.1, 0.15) is 5.56 Å². The van der Waals surface area contributed by atoms with Crippen molar-refractivity contribution in [1.29, 1.82) is 0 Å². The summed E-state index contributed by atoms with van der Waals surface area (Å²) in [7, 11) is -3.70. The fourth-order valence-corrected chi connectivity index (χ4v) is 3.51. The highest BCUT2D eigenvalue weighted by Gasteiger charge is 2.15. The molecule has 0 fully saturated rings. The smallest absolute Gasteiger partial charge is 0.261 e. The molecule has 0 radical (unpaired) electrons. The van der Waals surface area contributed by atoms with Gasteiger partial charge >= 0.3 is 0 Å². The zero-order valence-electron chi connectivity index (χ0n) is 12.8. The van der Waals surface area contributed by atoms with Crippen molar-refractivity contribution in [2.24, 2.45) is 5.11 Å². The van der Waals surface area contributed by atoms with Gasteiger partial charge in [0, 0.05) is 16.0 Å². The number of rotatable bonds is 4. The molecule has 24 heavy (non-hydrogen) atoms. The van der Waals surface area contributed by atoms with E-state index in [0.717, 1.165) is 5.56 Å². The Morgan fingerprint density at radius 1 is 0.958 bits per heavy atom. The molecule has 0 aliphatic rings. The summed E-state index contributed by atoms with van der Waals surface area (Å²) >= 11 is 0. The van der Waals surface area contributed by atoms with Gasteiger partial charge in [-0.2, -0.15) is 0 Å². The summed E-state index contributed by atoms with van der Waals surface area (Å²) < 4.78 is 27.8. The fourth-order valence-electron chi connectivity index (χ4n) is 2.43. The molecule has 120 valence electrons. The Morgan fingerprint density at radius 2 is 1.62 bits per heavy atom. The van der Waals surface area contributed by atoms with Crippen molar-refractivity contribution in [3.63, 3.8) is 0 Å². The van der Waals surface area contributed by atoms with Crippen LogP contribution in [-0.2, 0) is 10.0 Å². The Labute approximate surface area is 139 Å². The summed E-state index contributed by atoms with van der Waals surface area (Å²) in [6, 6.07) is 17.0. The van der Waals surface area contributed by atoms with Crippen LogP contribution in [0.2, 0.25) is 0 Å². The first-order chi connectivity index (χ1) is 11.5. The quantitative estimate of drug-likeness (QED) is 0.416. The molecule has 1 N–H and O–H groups in total. The molecule has 0 aliphatic carbocycles. The second-order valence-electron chi connectivity index (χ2n) is 5.29. The molecule has 0 atom stereocenters. The predicted molar refractivity (Wildman–Crippen MR) is 94.7 cm³/mol. The van der Waals surface area contributed by atoms with Crippen molar-refractivity contribution < 1.29 is 8.42 Å². The van der Waals surface area contributed by atoms with Crippen LogP contribution in [0, 0.1) is 6.92 Å². The molecule has 0 aliphatic heterocycles. The first-order valence-corrected chi connectivity index (χ1v) is 8.66. The van der Waals surface area contributed by atoms with Crippen LogP contribution in [0.3, 0.4) is 0 Å². The highest BCUT2D eigenvalue weighted by atomic mass is 32.2. The molecule has 3 aromatic rings. The lowest BCUT2D eigenvalue weighted by molar-refractivity contribution is 0.601. The molecule has 0 bridgehead atoms. The number of benzene rings is 3. The zero-order chi connectivity index (χ0) is 17.2. The minimum Gasteiger partial charge on any atom is -0.279 e. The lowest BCUT2D eigenvalue weighted by Crippen LogP contribution is -2.13. The van der Waals surface area contributed by atoms with Crippen molar-refractivity contribution in [3.05, 3.63) is 76.7 Å². The van der Waals surface area contributed by atoms with Crippen molar-refractivity contribution in [2.75, 3.05) is 4.72 Å². The maximum absolute atomic E-state index is 12.6. The molecule has 0 heterocycles. The Morgan fingerprint density at radius 3 is 2.29 bits per heavy atom. The van der Waals surface area contributed by atoms with E-state index in [4.69, 9.17) is 5.53 Å². The van der Waals surface area contributed by atoms with E-state index in [1.807, 2.05) is 6.92 Å². The Balaban J connectivity index is 2.09. The Kier molecular flexibility index (Phi) is 4.12. The highest BCUT2D eigenvalue weighted by Crippen LogP contribution is 2.33. The average Bonchev–Trinajstić information content (AvgIpc) is 2.57. The molecular weight excluding hydrogens is 324 g/mol. The Hall–Kier alpha value is -3.02. The number of hydrogen-bond acceptors (Lipinski definition) is 3. The third-order valence-corrected chi connectivity index (χ3v) is 5.01. The van der Waals surface area contributed by atoms with Crippen LogP contribution in [0.25, 0.3) is 21.2 Å². The predicted octanol–water partition coefficient (Wildman–Crippen LogP) is 4.89. The summed E-state index contributed by atoms with van der Waals surface area (Å²) in [6.07, 6.45) is 0. The number of nitrogens with zero attached hydrogens (tertiary/aromatic N) is 3. The van der Waals surface area contributed by atoms with E-state index in [9.17, 15) is 8.42 Å². The average molecular weight is 338 g/mol. The number of azide groups is 1. The molecule has 0 spiro atoms. The van der Waals surface area contributed by atoms with E-state index in [1.54, 1.807) is 60.7 Å². The number of sulfonamides is 1. The van der Waals surface area contributed by atoms with E-state index in [-0.39, 0.29) is 4.90 Å². The molecule has 7 heteroatoms. The standard InChI is InChI=1S/C17H14N4O2S/c1-12-6-8-13(9-7-12)24(22,23)20-17-11-10-16(19-21-18)14-4-2-3-5-15(14)17/h2-11,20H,1H3. The van der Waals surface area contributed by atoms with Crippen LogP contribution in [0.4, 0.5) is 11.4 Å². The van der Waals surface area contributed by atoms with Crippen molar-refractivity contribution in [1.82, 2.24) is 0 Å². The van der Waals surface area contributed by atoms with Crippen LogP contribution < -0.4 is 4.72 Å². The van der Waals surface area contributed by atoms with E-state index in [0.29, 0.717) is 22.1 Å². The Bertz CT molecular complexity index is 1050. The maximum atomic E-state index is 12.6. The van der Waals surface area contributed by atoms with Gasteiger partial charge in [0.15, 0.2) is 0 Å². The van der Waals surface area contributed by atoms with Crippen LogP contribution >= 0.6 is 0 Å². The van der Waals surface area contributed by atoms with Gasteiger partial charge in [0.05, 0.1) is 10.6 Å². The van der Waals surface area contributed by atoms with Crippen LogP contribution in [0.15, 0.2) is 70.7 Å². The normalized spacial score (nSPS) is 11.0. The third-order valence-electron chi connectivity index (χ3n) is 3.63. The van der Waals surface area contributed by atoms with E-state index in [2.05, 4.69) is 14.7 Å². The van der Waals surface area contributed by atoms with Gasteiger partial charge in [0.2, 0.25) is 0 Å². The number of nitrogens with one attached hydrogen (secondary N) is 1. The van der Waals surface area contributed by atoms with Gasteiger partial charge < -0.3 is 0 Å². The van der Waals surface area contributed by atoms with Gasteiger partial charge in [-0.1, -0.05) is 47.1 Å². The summed E-state index contributed by atoms with van der Waals surface area (Å²) in [5.74, 6) is 0. The first-order valence-electron chi connectivity index (χ1n) is 7.17. The van der Waals surface area contributed by atoms with Gasteiger partial charge in [0.1, 0.15) is 0 Å². The maximum Gasteiger partial charge on any atom is 0.261 e. The number of fused-ring (bicyclic) bond motifs is 1. The largest absolute Gasteiger partial charge is 0.279 e. The molecule has 3 rings (SSSR count). The molecule has 0 saturated heterocycles. The molecule has 0 amide bonds. The minimum absolute atomic E-state index is 0.191. The lowest BCUT2D eigenvalue weighted by atomic mass is 10.1. The van der Waals surface area contributed by atoms with E-state index in [1.165, 1.54) is 0 Å². The van der Waals surface area contributed by atoms with Crippen LogP contribution in [0.5, 0.6) is 0 Å².